The molecule has 79 heavy (non-hydrogen) atoms. The van der Waals surface area contributed by atoms with Crippen LogP contribution in [0.1, 0.15) is 225 Å². The van der Waals surface area contributed by atoms with E-state index in [0.29, 0.717) is 55.6 Å². The molecule has 4 heterocycles. The first-order chi connectivity index (χ1) is 45.8. The molecule has 0 saturated heterocycles. The minimum absolute atomic E-state index is 0.322. The van der Waals surface area contributed by atoms with E-state index in [-0.39, 0.29) is 0 Å². The van der Waals surface area contributed by atoms with E-state index in [1.165, 1.54) is 31.9 Å². The number of hydrogen-bond acceptors (Lipinski definition) is 0. The average molecular weight is 1080 g/mol. The molecule has 4 nitrogen and oxygen atoms in total. The molecule has 0 amide bonds. The Kier molecular flexibility index (Phi) is 12.8. The number of benzene rings is 4. The summed E-state index contributed by atoms with van der Waals surface area (Å²) >= 11 is 0. The second-order valence-electron chi connectivity index (χ2n) is 21.9. The van der Waals surface area contributed by atoms with Crippen LogP contribution in [0.15, 0.2) is 116 Å². The Morgan fingerprint density at radius 2 is 0.608 bits per heavy atom. The molecule has 3 atom stereocenters. The van der Waals surface area contributed by atoms with Crippen LogP contribution >= 0.6 is 0 Å². The van der Waals surface area contributed by atoms with Crippen molar-refractivity contribution in [1.29, 1.82) is 0 Å². The van der Waals surface area contributed by atoms with Gasteiger partial charge in [-0.3, -0.25) is 0 Å². The molecule has 0 saturated carbocycles. The van der Waals surface area contributed by atoms with E-state index >= 15 is 0 Å². The molecule has 0 bridgehead atoms. The highest BCUT2D eigenvalue weighted by atomic mass is 14.9. The van der Waals surface area contributed by atoms with Gasteiger partial charge in [-0.05, 0) is 227 Å². The third-order valence-electron chi connectivity index (χ3n) is 14.7. The van der Waals surface area contributed by atoms with Gasteiger partial charge in [0.15, 0.2) is 24.8 Å². The molecule has 0 N–H and O–H groups in total. The van der Waals surface area contributed by atoms with E-state index in [9.17, 15) is 0 Å². The van der Waals surface area contributed by atoms with Crippen molar-refractivity contribution in [3.8, 4) is 45.0 Å². The van der Waals surface area contributed by atoms with Crippen LogP contribution in [-0.4, -0.2) is 0 Å². The van der Waals surface area contributed by atoms with Crippen LogP contribution in [0.3, 0.4) is 0 Å². The van der Waals surface area contributed by atoms with E-state index in [4.69, 9.17) is 31.5 Å². The monoisotopic (exact) mass is 1080 g/mol. The number of aryl methyl sites for hydroxylation is 16. The summed E-state index contributed by atoms with van der Waals surface area (Å²) in [6.45, 7) is 14.9. The molecule has 3 unspecified atom stereocenters. The molecule has 418 valence electrons. The average Bonchev–Trinajstić information content (AvgIpc) is 0.773. The summed E-state index contributed by atoms with van der Waals surface area (Å²) < 4.78 is 186. The van der Waals surface area contributed by atoms with Crippen LogP contribution in [0.25, 0.3) is 45.0 Å². The lowest BCUT2D eigenvalue weighted by atomic mass is 9.91. The van der Waals surface area contributed by atoms with Crippen LogP contribution in [0, 0.1) is 82.9 Å². The van der Waals surface area contributed by atoms with Crippen molar-refractivity contribution in [2.45, 2.75) is 181 Å². The van der Waals surface area contributed by atoms with Crippen molar-refractivity contribution in [1.82, 2.24) is 0 Å². The summed E-state index contributed by atoms with van der Waals surface area (Å²) in [5.74, 6) is -6.35. The Labute approximate surface area is 513 Å². The lowest BCUT2D eigenvalue weighted by Crippen LogP contribution is -2.31. The van der Waals surface area contributed by atoms with Crippen LogP contribution in [0.2, 0.25) is 0 Å². The molecule has 0 radical (unpaired) electrons. The van der Waals surface area contributed by atoms with Gasteiger partial charge in [-0.15, -0.1) is 0 Å². The first-order valence-electron chi connectivity index (χ1n) is 38.3. The Morgan fingerprint density at radius 3 is 0.949 bits per heavy atom. The highest BCUT2D eigenvalue weighted by Gasteiger charge is 2.20. The maximum atomic E-state index is 8.39. The molecule has 0 aliphatic carbocycles. The third-order valence-corrected chi connectivity index (χ3v) is 14.7. The van der Waals surface area contributed by atoms with Gasteiger partial charge in [0.2, 0.25) is 22.8 Å². The first-order valence-corrected chi connectivity index (χ1v) is 26.8. The van der Waals surface area contributed by atoms with Crippen molar-refractivity contribution < 1.29 is 49.8 Å². The van der Waals surface area contributed by atoms with E-state index in [0.717, 1.165) is 72.8 Å². The molecule has 4 aromatic heterocycles. The van der Waals surface area contributed by atoms with Crippen molar-refractivity contribution in [3.05, 3.63) is 210 Å². The Morgan fingerprint density at radius 1 is 0.291 bits per heavy atom. The minimum atomic E-state index is -2.45. The van der Waals surface area contributed by atoms with Gasteiger partial charge in [-0.25, -0.2) is 18.3 Å². The summed E-state index contributed by atoms with van der Waals surface area (Å²) in [4.78, 5) is 0. The van der Waals surface area contributed by atoms with Crippen LogP contribution in [0.4, 0.5) is 0 Å². The number of pyridine rings is 4. The fraction of sp³-hybridized carbons (Fsp3) is 0.413. The largest absolute Gasteiger partial charge is 0.212 e. The lowest BCUT2D eigenvalue weighted by Gasteiger charge is -2.14. The fourth-order valence-corrected chi connectivity index (χ4v) is 9.73. The van der Waals surface area contributed by atoms with Gasteiger partial charge in [0.05, 0.1) is 0 Å². The maximum absolute atomic E-state index is 8.39. The van der Waals surface area contributed by atoms with Gasteiger partial charge < -0.3 is 0 Å². The Bertz CT molecular complexity index is 4330. The Hall–Kier alpha value is -6.52. The highest BCUT2D eigenvalue weighted by molar-refractivity contribution is 5.66. The number of aromatic nitrogens is 4. The SMILES string of the molecule is [2H]C(C)(C)c1ccc(-c2cc(C)c(C([2H])(C)C)cc2C)[n+](C)c1.[2H]C([2H])([2H])C([2H])(C)c1ccc(-c2cc(C)c(C([2H])(C)C([2H])([2H])[2H])cc2C)[n+](C)c1.[2H]C([2H])([2H])c1cc(C)c(-c2cc(C)c(C([2H])([2H])[2H])c[n+]2C)cc1C.[2H]C([2H])([2H])c1cc(C)c(-c2ccc(C([2H])(C)C([2H])([2H])[2H])c[n+]2C)cc1C. The summed E-state index contributed by atoms with van der Waals surface area (Å²) in [5, 5.41) is 0. The van der Waals surface area contributed by atoms with Crippen molar-refractivity contribution in [3.63, 3.8) is 0 Å². The molecule has 0 aliphatic rings. The molecule has 8 rings (SSSR count). The zero-order chi connectivity index (χ0) is 78.7. The van der Waals surface area contributed by atoms with E-state index in [2.05, 4.69) is 36.6 Å². The molecule has 4 aromatic carbocycles. The third kappa shape index (κ3) is 15.7. The highest BCUT2D eigenvalue weighted by Crippen LogP contribution is 2.32. The molecular weight excluding hydrogens is 957 g/mol. The molecule has 8 aromatic rings. The number of rotatable bonds is 9. The lowest BCUT2D eigenvalue weighted by molar-refractivity contribution is -0.661. The summed E-state index contributed by atoms with van der Waals surface area (Å²) in [5.41, 5.74) is 19.4. The normalized spacial score (nSPS) is 19.0. The van der Waals surface area contributed by atoms with Gasteiger partial charge >= 0.3 is 0 Å². The fourth-order valence-electron chi connectivity index (χ4n) is 9.73. The molecule has 0 aliphatic heterocycles. The topological polar surface area (TPSA) is 15.5 Å². The predicted octanol–water partition coefficient (Wildman–Crippen LogP) is 18.0. The molecule has 0 spiro atoms. The number of nitrogens with zero attached hydrogens (tertiary/aromatic N) is 4. The summed E-state index contributed by atoms with van der Waals surface area (Å²) in [6, 6.07) is 27.9. The zero-order valence-corrected chi connectivity index (χ0v) is 50.8. The molecule has 4 heteroatoms. The van der Waals surface area contributed by atoms with Crippen LogP contribution in [0.5, 0.6) is 0 Å². The van der Waals surface area contributed by atoms with E-state index in [1.54, 1.807) is 124 Å². The molecular formula is C75H102N4+4. The zero-order valence-electron chi connectivity index (χ0n) is 73.8. The minimum Gasteiger partial charge on any atom is -0.201 e. The second kappa shape index (κ2) is 27.1. The van der Waals surface area contributed by atoms with Gasteiger partial charge in [0.25, 0.3) is 0 Å². The van der Waals surface area contributed by atoms with E-state index < -0.39 is 70.6 Å². The van der Waals surface area contributed by atoms with Crippen molar-refractivity contribution in [2.75, 3.05) is 0 Å². The van der Waals surface area contributed by atoms with Gasteiger partial charge in [0.1, 0.15) is 28.2 Å². The second-order valence-corrected chi connectivity index (χ2v) is 21.9. The van der Waals surface area contributed by atoms with Gasteiger partial charge in [-0.1, -0.05) is 93.3 Å². The first kappa shape index (κ1) is 37.4. The van der Waals surface area contributed by atoms with Gasteiger partial charge in [0, 0.05) is 100 Å². The van der Waals surface area contributed by atoms with E-state index in [1.807, 2.05) is 92.0 Å². The van der Waals surface area contributed by atoms with Crippen LogP contribution < -0.4 is 18.3 Å². The maximum Gasteiger partial charge on any atom is 0.212 e. The summed E-state index contributed by atoms with van der Waals surface area (Å²) in [7, 11) is 7.41. The van der Waals surface area contributed by atoms with Crippen molar-refractivity contribution in [2.24, 2.45) is 28.2 Å². The van der Waals surface area contributed by atoms with Gasteiger partial charge in [-0.2, -0.15) is 0 Å². The summed E-state index contributed by atoms with van der Waals surface area (Å²) in [6.07, 6.45) is 6.97. The standard InChI is InChI=1S/2C20H28N.C18H24N.C17H22N/c2*1-13(2)17-8-9-20(21(7)12-17)19-11-15(5)18(14(3)4)10-16(19)6;1-12(2)16-7-8-18(19(6)11-16)17-10-14(4)13(3)9-15(17)5;1-11-7-14(4)16(8-12(11)2)17-9-13(3)15(5)10-18(17)6/h2*8-14H,1-7H3;7-12H,1-6H3;7-10H,1-6H3/q4*+1/i1D3,3D3,13D,14D;13D,14D;1D3,3D3,12D;1D3,5D3. The number of hydrogen-bond donors (Lipinski definition) is 0. The van der Waals surface area contributed by atoms with Crippen molar-refractivity contribution >= 4 is 0 Å². The molecule has 0 fully saturated rings. The quantitative estimate of drug-likeness (QED) is 0.128. The predicted molar refractivity (Wildman–Crippen MR) is 340 cm³/mol. The van der Waals surface area contributed by atoms with Crippen LogP contribution in [-0.2, 0) is 28.2 Å². The smallest absolute Gasteiger partial charge is 0.201 e. The Balaban J connectivity index is 0.000000246.